The molecule has 0 aliphatic heterocycles. The van der Waals surface area contributed by atoms with Crippen LogP contribution in [0.4, 0.5) is 0 Å². The third kappa shape index (κ3) is 2.69. The Hall–Kier alpha value is -1.66. The zero-order valence-corrected chi connectivity index (χ0v) is 12.0. The third-order valence-corrected chi connectivity index (χ3v) is 3.31. The molecule has 5 nitrogen and oxygen atoms in total. The van der Waals surface area contributed by atoms with E-state index in [0.29, 0.717) is 10.6 Å². The van der Waals surface area contributed by atoms with Crippen LogP contribution in [0.15, 0.2) is 27.5 Å². The highest BCUT2D eigenvalue weighted by Crippen LogP contribution is 2.27. The van der Waals surface area contributed by atoms with Gasteiger partial charge in [-0.15, -0.1) is 0 Å². The van der Waals surface area contributed by atoms with Gasteiger partial charge in [-0.2, -0.15) is 0 Å². The van der Waals surface area contributed by atoms with Crippen LogP contribution in [0.1, 0.15) is 16.1 Å². The van der Waals surface area contributed by atoms with Crippen LogP contribution in [0.25, 0.3) is 11.4 Å². The molecule has 2 rings (SSSR count). The van der Waals surface area contributed by atoms with Crippen LogP contribution in [0.2, 0.25) is 5.02 Å². The molecule has 0 saturated heterocycles. The Labute approximate surface area is 121 Å². The molecular formula is C12H8BrClN2O3. The van der Waals surface area contributed by atoms with Gasteiger partial charge in [-0.1, -0.05) is 27.5 Å². The lowest BCUT2D eigenvalue weighted by molar-refractivity contribution is 0.0693. The number of nitrogens with one attached hydrogen (secondary N) is 1. The van der Waals surface area contributed by atoms with E-state index in [1.165, 1.54) is 6.92 Å². The van der Waals surface area contributed by atoms with Crippen molar-refractivity contribution in [2.75, 3.05) is 0 Å². The summed E-state index contributed by atoms with van der Waals surface area (Å²) >= 11 is 9.34. The summed E-state index contributed by atoms with van der Waals surface area (Å²) in [6, 6.07) is 5.10. The van der Waals surface area contributed by atoms with Gasteiger partial charge < -0.3 is 10.1 Å². The predicted octanol–water partition coefficient (Wildman–Crippen LogP) is 2.86. The maximum Gasteiger partial charge on any atom is 0.343 e. The van der Waals surface area contributed by atoms with Crippen LogP contribution < -0.4 is 5.56 Å². The van der Waals surface area contributed by atoms with Gasteiger partial charge in [0.25, 0.3) is 5.56 Å². The quantitative estimate of drug-likeness (QED) is 0.878. The van der Waals surface area contributed by atoms with Gasteiger partial charge in [-0.05, 0) is 25.1 Å². The molecule has 0 amide bonds. The number of aromatic amines is 1. The second-order valence-corrected chi connectivity index (χ2v) is 5.13. The summed E-state index contributed by atoms with van der Waals surface area (Å²) in [6.07, 6.45) is 0. The van der Waals surface area contributed by atoms with Crippen LogP contribution in [0.5, 0.6) is 0 Å². The standard InChI is InChI=1S/C12H8BrClN2O3/c1-5-9(12(18)19)11(17)16-10(15-5)7-3-2-6(13)4-8(7)14/h2-4H,1H3,(H,18,19)(H,15,16,17). The summed E-state index contributed by atoms with van der Waals surface area (Å²) in [5, 5.41) is 9.31. The van der Waals surface area contributed by atoms with E-state index in [1.54, 1.807) is 18.2 Å². The predicted molar refractivity (Wildman–Crippen MR) is 74.7 cm³/mol. The fourth-order valence-corrected chi connectivity index (χ4v) is 2.41. The second kappa shape index (κ2) is 5.14. The summed E-state index contributed by atoms with van der Waals surface area (Å²) in [6.45, 7) is 1.47. The lowest BCUT2D eigenvalue weighted by atomic mass is 10.2. The number of hydrogen-bond acceptors (Lipinski definition) is 3. The van der Waals surface area contributed by atoms with Crippen molar-refractivity contribution in [1.29, 1.82) is 0 Å². The Morgan fingerprint density at radius 3 is 2.68 bits per heavy atom. The van der Waals surface area contributed by atoms with E-state index in [4.69, 9.17) is 16.7 Å². The van der Waals surface area contributed by atoms with E-state index >= 15 is 0 Å². The number of aromatic nitrogens is 2. The van der Waals surface area contributed by atoms with Gasteiger partial charge in [-0.3, -0.25) is 4.79 Å². The van der Waals surface area contributed by atoms with Crippen molar-refractivity contribution in [1.82, 2.24) is 9.97 Å². The van der Waals surface area contributed by atoms with Gasteiger partial charge in [0.15, 0.2) is 0 Å². The lowest BCUT2D eigenvalue weighted by Gasteiger charge is -2.06. The minimum Gasteiger partial charge on any atom is -0.477 e. The zero-order chi connectivity index (χ0) is 14.2. The monoisotopic (exact) mass is 342 g/mol. The largest absolute Gasteiger partial charge is 0.477 e. The molecule has 2 N–H and O–H groups in total. The number of aryl methyl sites for hydroxylation is 1. The average molecular weight is 344 g/mol. The van der Waals surface area contributed by atoms with E-state index < -0.39 is 11.5 Å². The van der Waals surface area contributed by atoms with E-state index in [-0.39, 0.29) is 17.1 Å². The molecule has 0 fully saturated rings. The molecule has 1 aromatic carbocycles. The Morgan fingerprint density at radius 1 is 1.47 bits per heavy atom. The van der Waals surface area contributed by atoms with Gasteiger partial charge in [0.1, 0.15) is 11.4 Å². The minimum atomic E-state index is -1.31. The number of benzene rings is 1. The molecule has 0 bridgehead atoms. The number of rotatable bonds is 2. The molecule has 0 atom stereocenters. The van der Waals surface area contributed by atoms with Crippen molar-refractivity contribution in [3.8, 4) is 11.4 Å². The molecule has 0 unspecified atom stereocenters. The summed E-state index contributed by atoms with van der Waals surface area (Å²) in [7, 11) is 0. The van der Waals surface area contributed by atoms with Crippen LogP contribution in [0.3, 0.4) is 0 Å². The van der Waals surface area contributed by atoms with Crippen molar-refractivity contribution in [3.63, 3.8) is 0 Å². The number of hydrogen-bond donors (Lipinski definition) is 2. The van der Waals surface area contributed by atoms with Gasteiger partial charge in [0.05, 0.1) is 10.7 Å². The SMILES string of the molecule is Cc1nc(-c2ccc(Br)cc2Cl)[nH]c(=O)c1C(=O)O. The van der Waals surface area contributed by atoms with Crippen molar-refractivity contribution in [2.24, 2.45) is 0 Å². The molecule has 0 aliphatic carbocycles. The smallest absolute Gasteiger partial charge is 0.343 e. The van der Waals surface area contributed by atoms with Crippen LogP contribution in [0, 0.1) is 6.92 Å². The van der Waals surface area contributed by atoms with Crippen LogP contribution >= 0.6 is 27.5 Å². The zero-order valence-electron chi connectivity index (χ0n) is 9.70. The van der Waals surface area contributed by atoms with Gasteiger partial charge in [-0.25, -0.2) is 9.78 Å². The molecule has 19 heavy (non-hydrogen) atoms. The molecule has 0 aliphatic rings. The minimum absolute atomic E-state index is 0.144. The molecule has 1 heterocycles. The first kappa shape index (κ1) is 13.8. The van der Waals surface area contributed by atoms with E-state index in [1.807, 2.05) is 0 Å². The summed E-state index contributed by atoms with van der Waals surface area (Å²) in [5.74, 6) is -1.07. The molecule has 0 radical (unpaired) electrons. The van der Waals surface area contributed by atoms with Crippen LogP contribution in [-0.2, 0) is 0 Å². The van der Waals surface area contributed by atoms with Crippen molar-refractivity contribution >= 4 is 33.5 Å². The molecule has 1 aromatic heterocycles. The van der Waals surface area contributed by atoms with E-state index in [2.05, 4.69) is 25.9 Å². The van der Waals surface area contributed by atoms with Crippen molar-refractivity contribution in [2.45, 2.75) is 6.92 Å². The van der Waals surface area contributed by atoms with Gasteiger partial charge in [0, 0.05) is 10.0 Å². The highest BCUT2D eigenvalue weighted by Gasteiger charge is 2.16. The molecule has 2 aromatic rings. The summed E-state index contributed by atoms with van der Waals surface area (Å²) < 4.78 is 0.794. The molecule has 0 spiro atoms. The normalized spacial score (nSPS) is 10.5. The van der Waals surface area contributed by atoms with Gasteiger partial charge >= 0.3 is 5.97 Å². The topological polar surface area (TPSA) is 83.0 Å². The van der Waals surface area contributed by atoms with E-state index in [0.717, 1.165) is 4.47 Å². The molecule has 0 saturated carbocycles. The Balaban J connectivity index is 2.65. The first-order valence-corrected chi connectivity index (χ1v) is 6.37. The summed E-state index contributed by atoms with van der Waals surface area (Å²) in [4.78, 5) is 29.1. The molecular weight excluding hydrogens is 336 g/mol. The highest BCUT2D eigenvalue weighted by atomic mass is 79.9. The number of H-pyrrole nitrogens is 1. The fraction of sp³-hybridized carbons (Fsp3) is 0.0833. The maximum absolute atomic E-state index is 11.7. The average Bonchev–Trinajstić information content (AvgIpc) is 2.26. The van der Waals surface area contributed by atoms with Gasteiger partial charge in [0.2, 0.25) is 0 Å². The second-order valence-electron chi connectivity index (χ2n) is 3.80. The Morgan fingerprint density at radius 2 is 2.16 bits per heavy atom. The number of nitrogens with zero attached hydrogens (tertiary/aromatic N) is 1. The van der Waals surface area contributed by atoms with Crippen molar-refractivity contribution < 1.29 is 9.90 Å². The lowest BCUT2D eigenvalue weighted by Crippen LogP contribution is -2.21. The third-order valence-electron chi connectivity index (χ3n) is 2.50. The highest BCUT2D eigenvalue weighted by molar-refractivity contribution is 9.10. The van der Waals surface area contributed by atoms with E-state index in [9.17, 15) is 9.59 Å². The summed E-state index contributed by atoms with van der Waals surface area (Å²) in [5.41, 5.74) is -0.391. The Bertz CT molecular complexity index is 727. The number of aromatic carboxylic acids is 1. The van der Waals surface area contributed by atoms with Crippen LogP contribution in [-0.4, -0.2) is 21.0 Å². The number of carboxylic acids is 1. The fourth-order valence-electron chi connectivity index (χ4n) is 1.65. The first-order valence-electron chi connectivity index (χ1n) is 5.20. The number of carboxylic acid groups (broad SMARTS) is 1. The maximum atomic E-state index is 11.7. The van der Waals surface area contributed by atoms with Crippen molar-refractivity contribution in [3.05, 3.63) is 49.3 Å². The number of halogens is 2. The molecule has 7 heteroatoms. The number of carbonyl (C=O) groups is 1. The molecule has 98 valence electrons. The first-order chi connectivity index (χ1) is 8.90. The Kier molecular flexibility index (Phi) is 3.73.